The summed E-state index contributed by atoms with van der Waals surface area (Å²) in [6.45, 7) is 0. The Morgan fingerprint density at radius 3 is 1.10 bits per heavy atom. The van der Waals surface area contributed by atoms with Crippen molar-refractivity contribution in [2.75, 3.05) is 0 Å². The number of hydrogen-bond acceptors (Lipinski definition) is 4. The number of alkyl halides is 6. The maximum atomic E-state index is 13.2. The van der Waals surface area contributed by atoms with Crippen molar-refractivity contribution in [2.45, 2.75) is 12.4 Å². The quantitative estimate of drug-likeness (QED) is 0.197. The zero-order valence-electron chi connectivity index (χ0n) is 21.2. The predicted octanol–water partition coefficient (Wildman–Crippen LogP) is 7.87. The lowest BCUT2D eigenvalue weighted by Crippen LogP contribution is -2.07. The average Bonchev–Trinajstić information content (AvgIpc) is 3.61. The molecule has 0 N–H and O–H groups in total. The Kier molecular flexibility index (Phi) is 5.58. The molecule has 208 valence electrons. The zero-order valence-corrected chi connectivity index (χ0v) is 21.2. The van der Waals surface area contributed by atoms with Crippen molar-refractivity contribution >= 4 is 0 Å². The third-order valence-corrected chi connectivity index (χ3v) is 7.09. The molecule has 0 amide bonds. The van der Waals surface area contributed by atoms with Gasteiger partial charge in [-0.05, 0) is 48.5 Å². The van der Waals surface area contributed by atoms with Crippen LogP contribution in [-0.2, 0) is 12.4 Å². The van der Waals surface area contributed by atoms with Crippen molar-refractivity contribution in [1.29, 1.82) is 0 Å². The van der Waals surface area contributed by atoms with Gasteiger partial charge < -0.3 is 0 Å². The molecule has 0 radical (unpaired) electrons. The van der Waals surface area contributed by atoms with E-state index in [9.17, 15) is 26.3 Å². The first-order valence-electron chi connectivity index (χ1n) is 12.6. The molecule has 0 aliphatic heterocycles. The largest absolute Gasteiger partial charge is 0.416 e. The molecule has 0 bridgehead atoms. The Labute approximate surface area is 233 Å². The Morgan fingerprint density at radius 2 is 0.762 bits per heavy atom. The molecule has 2 aromatic heterocycles. The maximum Gasteiger partial charge on any atom is 0.416 e. The first-order chi connectivity index (χ1) is 20.1. The van der Waals surface area contributed by atoms with Crippen LogP contribution in [0.3, 0.4) is 0 Å². The molecular weight excluding hydrogens is 558 g/mol. The van der Waals surface area contributed by atoms with Crippen LogP contribution in [0.1, 0.15) is 11.1 Å². The van der Waals surface area contributed by atoms with Gasteiger partial charge in [-0.1, -0.05) is 59.0 Å². The van der Waals surface area contributed by atoms with E-state index in [1.165, 1.54) is 33.6 Å². The van der Waals surface area contributed by atoms with Gasteiger partial charge in [0.1, 0.15) is 22.8 Å². The van der Waals surface area contributed by atoms with Gasteiger partial charge >= 0.3 is 12.4 Å². The molecule has 0 spiro atoms. The summed E-state index contributed by atoms with van der Waals surface area (Å²) in [6.07, 6.45) is -8.98. The Hall–Kier alpha value is -5.26. The highest BCUT2D eigenvalue weighted by Crippen LogP contribution is 2.47. The van der Waals surface area contributed by atoms with Crippen LogP contribution < -0.4 is 0 Å². The zero-order chi connectivity index (χ0) is 29.2. The topological polar surface area (TPSA) is 61.4 Å². The van der Waals surface area contributed by atoms with E-state index in [-0.39, 0.29) is 0 Å². The number of aromatic nitrogens is 6. The average molecular weight is 574 g/mol. The van der Waals surface area contributed by atoms with E-state index in [1.54, 1.807) is 24.3 Å². The molecule has 4 aromatic carbocycles. The van der Waals surface area contributed by atoms with Gasteiger partial charge in [-0.3, -0.25) is 0 Å². The van der Waals surface area contributed by atoms with Gasteiger partial charge in [0, 0.05) is 22.3 Å². The molecule has 1 aliphatic carbocycles. The fourth-order valence-electron chi connectivity index (χ4n) is 5.15. The summed E-state index contributed by atoms with van der Waals surface area (Å²) in [5.74, 6) is 0. The third kappa shape index (κ3) is 4.06. The molecule has 42 heavy (non-hydrogen) atoms. The summed E-state index contributed by atoms with van der Waals surface area (Å²) < 4.78 is 82.4. The minimum Gasteiger partial charge on any atom is -0.212 e. The minimum atomic E-state index is -4.49. The Morgan fingerprint density at radius 1 is 0.429 bits per heavy atom. The molecular formula is C30H16F6N6. The van der Waals surface area contributed by atoms with E-state index in [2.05, 4.69) is 20.6 Å². The lowest BCUT2D eigenvalue weighted by molar-refractivity contribution is -0.138. The Bertz CT molecular complexity index is 1810. The highest BCUT2D eigenvalue weighted by atomic mass is 19.4. The number of hydrogen-bond donors (Lipinski definition) is 0. The smallest absolute Gasteiger partial charge is 0.212 e. The van der Waals surface area contributed by atoms with E-state index in [4.69, 9.17) is 0 Å². The van der Waals surface area contributed by atoms with Gasteiger partial charge in [-0.25, -0.2) is 9.36 Å². The molecule has 6 aromatic rings. The minimum absolute atomic E-state index is 0.373. The van der Waals surface area contributed by atoms with E-state index >= 15 is 0 Å². The van der Waals surface area contributed by atoms with Crippen molar-refractivity contribution in [3.63, 3.8) is 0 Å². The van der Waals surface area contributed by atoms with Crippen molar-refractivity contribution < 1.29 is 26.3 Å². The van der Waals surface area contributed by atoms with Crippen LogP contribution in [0.5, 0.6) is 0 Å². The van der Waals surface area contributed by atoms with E-state index in [0.717, 1.165) is 24.3 Å². The first-order valence-corrected chi connectivity index (χ1v) is 12.6. The van der Waals surface area contributed by atoms with E-state index < -0.39 is 23.5 Å². The molecule has 12 heteroatoms. The molecule has 0 saturated carbocycles. The summed E-state index contributed by atoms with van der Waals surface area (Å²) in [5, 5.41) is 17.6. The monoisotopic (exact) mass is 574 g/mol. The molecule has 7 rings (SSSR count). The predicted molar refractivity (Wildman–Crippen MR) is 142 cm³/mol. The van der Waals surface area contributed by atoms with Gasteiger partial charge in [0.05, 0.1) is 22.5 Å². The Balaban J connectivity index is 1.47. The van der Waals surface area contributed by atoms with E-state index in [0.29, 0.717) is 56.4 Å². The van der Waals surface area contributed by atoms with Gasteiger partial charge in [0.15, 0.2) is 0 Å². The normalized spacial score (nSPS) is 12.5. The van der Waals surface area contributed by atoms with Crippen molar-refractivity contribution in [3.8, 4) is 56.4 Å². The highest BCUT2D eigenvalue weighted by Gasteiger charge is 2.33. The van der Waals surface area contributed by atoms with Gasteiger partial charge in [-0.2, -0.15) is 26.3 Å². The second-order valence-electron chi connectivity index (χ2n) is 9.58. The number of nitrogens with zero attached hydrogens (tertiary/aromatic N) is 6. The molecule has 2 heterocycles. The molecule has 0 unspecified atom stereocenters. The lowest BCUT2D eigenvalue weighted by Gasteiger charge is -2.19. The number of halogens is 6. The maximum absolute atomic E-state index is 13.2. The molecule has 0 atom stereocenters. The van der Waals surface area contributed by atoms with Crippen molar-refractivity contribution in [1.82, 2.24) is 30.0 Å². The van der Waals surface area contributed by atoms with Crippen LogP contribution in [0, 0.1) is 0 Å². The second-order valence-corrected chi connectivity index (χ2v) is 9.58. The van der Waals surface area contributed by atoms with Gasteiger partial charge in [0.25, 0.3) is 0 Å². The van der Waals surface area contributed by atoms with E-state index in [1.807, 2.05) is 24.3 Å². The summed E-state index contributed by atoms with van der Waals surface area (Å²) in [5.41, 5.74) is 3.73. The van der Waals surface area contributed by atoms with Gasteiger partial charge in [-0.15, -0.1) is 10.2 Å². The number of rotatable bonds is 2. The van der Waals surface area contributed by atoms with Crippen LogP contribution in [-0.4, -0.2) is 30.0 Å². The van der Waals surface area contributed by atoms with Crippen LogP contribution in [0.4, 0.5) is 26.3 Å². The number of fused-ring (bicyclic) bond motifs is 8. The van der Waals surface area contributed by atoms with Gasteiger partial charge in [0.2, 0.25) is 0 Å². The molecule has 1 aliphatic rings. The molecule has 6 nitrogen and oxygen atoms in total. The van der Waals surface area contributed by atoms with Crippen LogP contribution in [0.15, 0.2) is 97.1 Å². The summed E-state index contributed by atoms with van der Waals surface area (Å²) in [6, 6.07) is 23.8. The standard InChI is InChI=1S/C30H16F6N6/c31-29(32,33)17-9-13-19(14-10-17)41-27-23-7-3-1-5-21(23)25-28(24-8-4-2-6-22(24)26(27)38-40-41)42(39-37-25)20-15-11-18(12-16-20)30(34,35)36/h1-16H. The number of benzene rings is 4. The first kappa shape index (κ1) is 25.7. The summed E-state index contributed by atoms with van der Waals surface area (Å²) in [4.78, 5) is 0. The fraction of sp³-hybridized carbons (Fsp3) is 0.0667. The molecule has 0 saturated heterocycles. The molecule has 0 fully saturated rings. The summed E-state index contributed by atoms with van der Waals surface area (Å²) >= 11 is 0. The van der Waals surface area contributed by atoms with Crippen LogP contribution in [0.25, 0.3) is 56.4 Å². The highest BCUT2D eigenvalue weighted by molar-refractivity contribution is 5.99. The third-order valence-electron chi connectivity index (χ3n) is 7.09. The van der Waals surface area contributed by atoms with Crippen LogP contribution >= 0.6 is 0 Å². The van der Waals surface area contributed by atoms with Crippen LogP contribution in [0.2, 0.25) is 0 Å². The SMILES string of the molecule is FC(F)(F)c1ccc(-n2nnc3c2-c2ccccc2-c2nnn(-c4ccc(C(F)(F)F)cc4)c2-c2ccccc2-3)cc1. The van der Waals surface area contributed by atoms with Crippen molar-refractivity contribution in [2.24, 2.45) is 0 Å². The second kappa shape index (κ2) is 9.13. The lowest BCUT2D eigenvalue weighted by atomic mass is 9.89. The fourth-order valence-corrected chi connectivity index (χ4v) is 5.15. The van der Waals surface area contributed by atoms with Crippen molar-refractivity contribution in [3.05, 3.63) is 108 Å². The summed E-state index contributed by atoms with van der Waals surface area (Å²) in [7, 11) is 0.